The van der Waals surface area contributed by atoms with Crippen LogP contribution < -0.4 is 4.74 Å². The highest BCUT2D eigenvalue weighted by Crippen LogP contribution is 2.23. The summed E-state index contributed by atoms with van der Waals surface area (Å²) >= 11 is 3.38. The fraction of sp³-hybridized carbons (Fsp3) is 0.500. The van der Waals surface area contributed by atoms with Gasteiger partial charge in [-0.15, -0.1) is 0 Å². The lowest BCUT2D eigenvalue weighted by Gasteiger charge is -2.17. The van der Waals surface area contributed by atoms with Gasteiger partial charge in [-0.05, 0) is 38.1 Å². The largest absolute Gasteiger partial charge is 0.491 e. The molecule has 0 spiro atoms. The van der Waals surface area contributed by atoms with Crippen molar-refractivity contribution in [3.63, 3.8) is 0 Å². The van der Waals surface area contributed by atoms with Crippen molar-refractivity contribution >= 4 is 15.9 Å². The molecule has 88 valence electrons. The predicted molar refractivity (Wildman–Crippen MR) is 64.5 cm³/mol. The molecule has 0 radical (unpaired) electrons. The van der Waals surface area contributed by atoms with Crippen molar-refractivity contribution in [1.82, 2.24) is 0 Å². The second-order valence-corrected chi connectivity index (χ2v) is 5.13. The van der Waals surface area contributed by atoms with Crippen LogP contribution in [0.2, 0.25) is 0 Å². The Kier molecular flexibility index (Phi) is 3.52. The van der Waals surface area contributed by atoms with Gasteiger partial charge in [-0.3, -0.25) is 0 Å². The molecule has 2 rings (SSSR count). The Morgan fingerprint density at radius 2 is 2.06 bits per heavy atom. The Hall–Kier alpha value is -0.580. The van der Waals surface area contributed by atoms with Gasteiger partial charge in [0.05, 0.1) is 6.61 Å². The van der Waals surface area contributed by atoms with Gasteiger partial charge in [0.25, 0.3) is 0 Å². The number of hydrogen-bond acceptors (Lipinski definition) is 3. The molecule has 1 saturated heterocycles. The van der Waals surface area contributed by atoms with Crippen molar-refractivity contribution < 1.29 is 14.2 Å². The fourth-order valence-corrected chi connectivity index (χ4v) is 1.83. The smallest absolute Gasteiger partial charge is 0.163 e. The molecule has 0 saturated carbocycles. The summed E-state index contributed by atoms with van der Waals surface area (Å²) in [6, 6.07) is 7.74. The maximum atomic E-state index is 5.64. The summed E-state index contributed by atoms with van der Waals surface area (Å²) in [7, 11) is 0. The van der Waals surface area contributed by atoms with E-state index in [2.05, 4.69) is 15.9 Å². The SMILES string of the molecule is CC1(C)OC[C@@H](COc2ccc(Br)cc2)O1. The van der Waals surface area contributed by atoms with Gasteiger partial charge < -0.3 is 14.2 Å². The van der Waals surface area contributed by atoms with E-state index < -0.39 is 5.79 Å². The zero-order valence-electron chi connectivity index (χ0n) is 9.40. The Morgan fingerprint density at radius 1 is 1.38 bits per heavy atom. The molecule has 1 heterocycles. The van der Waals surface area contributed by atoms with E-state index >= 15 is 0 Å². The summed E-state index contributed by atoms with van der Waals surface area (Å²) in [5, 5.41) is 0. The van der Waals surface area contributed by atoms with Crippen LogP contribution in [0, 0.1) is 0 Å². The number of halogens is 1. The molecule has 1 atom stereocenters. The summed E-state index contributed by atoms with van der Waals surface area (Å²) in [5.74, 6) is 0.366. The highest BCUT2D eigenvalue weighted by atomic mass is 79.9. The van der Waals surface area contributed by atoms with Crippen LogP contribution in [-0.2, 0) is 9.47 Å². The minimum absolute atomic E-state index is 0.0126. The monoisotopic (exact) mass is 286 g/mol. The van der Waals surface area contributed by atoms with Gasteiger partial charge in [0, 0.05) is 4.47 Å². The topological polar surface area (TPSA) is 27.7 Å². The van der Waals surface area contributed by atoms with Crippen LogP contribution in [0.5, 0.6) is 5.75 Å². The van der Waals surface area contributed by atoms with Gasteiger partial charge in [0.2, 0.25) is 0 Å². The Bertz CT molecular complexity index is 348. The average molecular weight is 287 g/mol. The maximum absolute atomic E-state index is 5.64. The number of rotatable bonds is 3. The number of ether oxygens (including phenoxy) is 3. The third-order valence-electron chi connectivity index (χ3n) is 2.32. The van der Waals surface area contributed by atoms with E-state index in [4.69, 9.17) is 14.2 Å². The summed E-state index contributed by atoms with van der Waals surface area (Å²) in [4.78, 5) is 0. The van der Waals surface area contributed by atoms with Crippen molar-refractivity contribution in [3.05, 3.63) is 28.7 Å². The molecule has 1 aromatic rings. The first-order chi connectivity index (χ1) is 7.55. The van der Waals surface area contributed by atoms with E-state index in [-0.39, 0.29) is 6.10 Å². The molecule has 0 amide bonds. The second kappa shape index (κ2) is 4.73. The van der Waals surface area contributed by atoms with E-state index in [1.807, 2.05) is 38.1 Å². The normalized spacial score (nSPS) is 23.3. The average Bonchev–Trinajstić information content (AvgIpc) is 2.58. The lowest BCUT2D eigenvalue weighted by Crippen LogP contribution is -2.25. The van der Waals surface area contributed by atoms with E-state index in [9.17, 15) is 0 Å². The molecule has 1 aliphatic heterocycles. The van der Waals surface area contributed by atoms with E-state index in [0.29, 0.717) is 13.2 Å². The predicted octanol–water partition coefficient (Wildman–Crippen LogP) is 2.98. The quantitative estimate of drug-likeness (QED) is 0.855. The third-order valence-corrected chi connectivity index (χ3v) is 2.85. The first kappa shape index (κ1) is 11.9. The maximum Gasteiger partial charge on any atom is 0.163 e. The molecule has 0 aliphatic carbocycles. The van der Waals surface area contributed by atoms with Crippen molar-refractivity contribution in [3.8, 4) is 5.75 Å². The molecule has 0 unspecified atom stereocenters. The Balaban J connectivity index is 1.82. The molecule has 1 aromatic carbocycles. The highest BCUT2D eigenvalue weighted by molar-refractivity contribution is 9.10. The number of benzene rings is 1. The molecule has 1 aliphatic rings. The van der Waals surface area contributed by atoms with Gasteiger partial charge in [-0.2, -0.15) is 0 Å². The van der Waals surface area contributed by atoms with Crippen LogP contribution in [0.3, 0.4) is 0 Å². The first-order valence-electron chi connectivity index (χ1n) is 5.25. The van der Waals surface area contributed by atoms with Gasteiger partial charge in [0.1, 0.15) is 18.5 Å². The van der Waals surface area contributed by atoms with E-state index in [1.54, 1.807) is 0 Å². The molecule has 16 heavy (non-hydrogen) atoms. The molecule has 0 N–H and O–H groups in total. The molecule has 3 nitrogen and oxygen atoms in total. The molecule has 0 aromatic heterocycles. The molecule has 0 bridgehead atoms. The van der Waals surface area contributed by atoms with Crippen LogP contribution in [-0.4, -0.2) is 25.1 Å². The van der Waals surface area contributed by atoms with Crippen molar-refractivity contribution in [1.29, 1.82) is 0 Å². The Morgan fingerprint density at radius 3 is 2.62 bits per heavy atom. The van der Waals surface area contributed by atoms with Crippen molar-refractivity contribution in [2.24, 2.45) is 0 Å². The second-order valence-electron chi connectivity index (χ2n) is 4.22. The van der Waals surface area contributed by atoms with Crippen LogP contribution in [0.15, 0.2) is 28.7 Å². The van der Waals surface area contributed by atoms with Gasteiger partial charge in [-0.25, -0.2) is 0 Å². The third kappa shape index (κ3) is 3.20. The van der Waals surface area contributed by atoms with E-state index in [0.717, 1.165) is 10.2 Å². The van der Waals surface area contributed by atoms with Crippen molar-refractivity contribution in [2.45, 2.75) is 25.7 Å². The summed E-state index contributed by atoms with van der Waals surface area (Å²) in [6.45, 7) is 4.92. The van der Waals surface area contributed by atoms with Crippen LogP contribution in [0.25, 0.3) is 0 Å². The van der Waals surface area contributed by atoms with Gasteiger partial charge in [-0.1, -0.05) is 15.9 Å². The standard InChI is InChI=1S/C12H15BrO3/c1-12(2)15-8-11(16-12)7-14-10-5-3-9(13)4-6-10/h3-6,11H,7-8H2,1-2H3/t11-/m1/s1. The summed E-state index contributed by atoms with van der Waals surface area (Å²) in [6.07, 6.45) is 0.0126. The summed E-state index contributed by atoms with van der Waals surface area (Å²) in [5.41, 5.74) is 0. The molecular formula is C12H15BrO3. The minimum Gasteiger partial charge on any atom is -0.491 e. The Labute approximate surface area is 104 Å². The summed E-state index contributed by atoms with van der Waals surface area (Å²) < 4.78 is 17.7. The fourth-order valence-electron chi connectivity index (χ4n) is 1.57. The lowest BCUT2D eigenvalue weighted by molar-refractivity contribution is -0.141. The molecular weight excluding hydrogens is 272 g/mol. The first-order valence-corrected chi connectivity index (χ1v) is 6.05. The molecule has 4 heteroatoms. The highest BCUT2D eigenvalue weighted by Gasteiger charge is 2.32. The van der Waals surface area contributed by atoms with Crippen LogP contribution in [0.4, 0.5) is 0 Å². The molecule has 1 fully saturated rings. The number of hydrogen-bond donors (Lipinski definition) is 0. The van der Waals surface area contributed by atoms with Gasteiger partial charge in [0.15, 0.2) is 5.79 Å². The van der Waals surface area contributed by atoms with Crippen molar-refractivity contribution in [2.75, 3.05) is 13.2 Å². The zero-order chi connectivity index (χ0) is 11.6. The van der Waals surface area contributed by atoms with E-state index in [1.165, 1.54) is 0 Å². The van der Waals surface area contributed by atoms with Crippen LogP contribution >= 0.6 is 15.9 Å². The van der Waals surface area contributed by atoms with Gasteiger partial charge >= 0.3 is 0 Å². The minimum atomic E-state index is -0.478. The lowest BCUT2D eigenvalue weighted by atomic mass is 10.3. The zero-order valence-corrected chi connectivity index (χ0v) is 11.0. The van der Waals surface area contributed by atoms with Crippen LogP contribution in [0.1, 0.15) is 13.8 Å².